The van der Waals surface area contributed by atoms with Crippen molar-refractivity contribution in [2.45, 2.75) is 19.4 Å². The Balaban J connectivity index is 2.25. The van der Waals surface area contributed by atoms with E-state index in [2.05, 4.69) is 0 Å². The molecule has 156 valence electrons. The molecule has 0 N–H and O–H groups in total. The van der Waals surface area contributed by atoms with Crippen LogP contribution in [-0.2, 0) is 14.6 Å². The van der Waals surface area contributed by atoms with E-state index in [4.69, 9.17) is 9.47 Å². The van der Waals surface area contributed by atoms with Gasteiger partial charge in [-0.25, -0.2) is 8.42 Å². The second-order valence-electron chi connectivity index (χ2n) is 7.30. The Morgan fingerprint density at radius 2 is 1.86 bits per heavy atom. The van der Waals surface area contributed by atoms with Gasteiger partial charge in [-0.15, -0.1) is 0 Å². The summed E-state index contributed by atoms with van der Waals surface area (Å²) in [7, 11) is 3.92. The predicted molar refractivity (Wildman–Crippen MR) is 111 cm³/mol. The van der Waals surface area contributed by atoms with Crippen LogP contribution in [0.1, 0.15) is 18.9 Å². The molecule has 0 radical (unpaired) electrons. The van der Waals surface area contributed by atoms with E-state index in [1.54, 1.807) is 44.3 Å². The van der Waals surface area contributed by atoms with E-state index < -0.39 is 9.84 Å². The zero-order chi connectivity index (χ0) is 20.9. The number of methoxy groups -OCH3 is 2. The summed E-state index contributed by atoms with van der Waals surface area (Å²) in [5.74, 6) is 1.24. The number of carbonyl (C=O) groups excluding carboxylic acids is 1. The highest BCUT2D eigenvalue weighted by Crippen LogP contribution is 2.29. The molecule has 1 heterocycles. The number of hydrogen-bond acceptors (Lipinski definition) is 6. The highest BCUT2D eigenvalue weighted by molar-refractivity contribution is 7.91. The van der Waals surface area contributed by atoms with Crippen molar-refractivity contribution in [3.63, 3.8) is 0 Å². The van der Waals surface area contributed by atoms with Crippen LogP contribution in [0.4, 0.5) is 0 Å². The molecule has 0 spiro atoms. The molecule has 0 aromatic heterocycles. The molecule has 1 aliphatic heterocycles. The van der Waals surface area contributed by atoms with Gasteiger partial charge in [0, 0.05) is 24.7 Å². The molecule has 28 heavy (non-hydrogen) atoms. The number of ether oxygens (including phenoxy) is 2. The third-order valence-electron chi connectivity index (χ3n) is 4.83. The normalized spacial score (nSPS) is 18.9. The van der Waals surface area contributed by atoms with Gasteiger partial charge in [0.15, 0.2) is 21.3 Å². The maximum Gasteiger partial charge on any atom is 0.249 e. The van der Waals surface area contributed by atoms with Crippen LogP contribution in [-0.4, -0.2) is 83.1 Å². The Morgan fingerprint density at radius 1 is 1.18 bits per heavy atom. The van der Waals surface area contributed by atoms with E-state index in [9.17, 15) is 13.2 Å². The first kappa shape index (κ1) is 22.2. The molecule has 1 unspecified atom stereocenters. The van der Waals surface area contributed by atoms with Crippen LogP contribution in [0.25, 0.3) is 6.08 Å². The number of likely N-dealkylation sites (N-methyl/N-ethyl adjacent to an activating group) is 1. The molecule has 0 saturated carbocycles. The highest BCUT2D eigenvalue weighted by atomic mass is 32.2. The van der Waals surface area contributed by atoms with Crippen molar-refractivity contribution in [1.82, 2.24) is 9.80 Å². The average molecular weight is 411 g/mol. The van der Waals surface area contributed by atoms with E-state index >= 15 is 0 Å². The van der Waals surface area contributed by atoms with Crippen molar-refractivity contribution in [3.05, 3.63) is 29.3 Å². The lowest BCUT2D eigenvalue weighted by Gasteiger charge is -2.30. The molecule has 8 heteroatoms. The topological polar surface area (TPSA) is 76.2 Å². The summed E-state index contributed by atoms with van der Waals surface area (Å²) in [5, 5.41) is 0. The first-order valence-corrected chi connectivity index (χ1v) is 11.1. The summed E-state index contributed by atoms with van der Waals surface area (Å²) in [4.78, 5) is 16.8. The molecular formula is C20H30N2O5S. The van der Waals surface area contributed by atoms with Gasteiger partial charge >= 0.3 is 0 Å². The Kier molecular flexibility index (Phi) is 7.48. The molecule has 1 aliphatic rings. The van der Waals surface area contributed by atoms with E-state index in [1.807, 2.05) is 25.1 Å². The minimum Gasteiger partial charge on any atom is -0.493 e. The van der Waals surface area contributed by atoms with Crippen molar-refractivity contribution in [3.8, 4) is 11.5 Å². The largest absolute Gasteiger partial charge is 0.493 e. The smallest absolute Gasteiger partial charge is 0.249 e. The van der Waals surface area contributed by atoms with E-state index in [1.165, 1.54) is 0 Å². The zero-order valence-electron chi connectivity index (χ0n) is 17.3. The van der Waals surface area contributed by atoms with Crippen molar-refractivity contribution >= 4 is 21.8 Å². The van der Waals surface area contributed by atoms with Crippen LogP contribution in [0.2, 0.25) is 0 Å². The molecule has 1 aromatic rings. The third-order valence-corrected chi connectivity index (χ3v) is 6.58. The standard InChI is InChI=1S/C20H30N2O5S/c1-15(12-16-6-7-18(26-4)19(13-16)27-5)20(23)22(10-9-21(2)3)17-8-11-28(24,25)14-17/h6-7,12-13,17H,8-11,14H2,1-5H3/b15-12+. The van der Waals surface area contributed by atoms with E-state index in [0.29, 0.717) is 36.6 Å². The van der Waals surface area contributed by atoms with E-state index in [0.717, 1.165) is 5.56 Å². The quantitative estimate of drug-likeness (QED) is 0.607. The summed E-state index contributed by atoms with van der Waals surface area (Å²) < 4.78 is 34.4. The molecule has 0 bridgehead atoms. The van der Waals surface area contributed by atoms with Gasteiger partial charge in [-0.2, -0.15) is 0 Å². The zero-order valence-corrected chi connectivity index (χ0v) is 18.1. The number of benzene rings is 1. The number of hydrogen-bond donors (Lipinski definition) is 0. The van der Waals surface area contributed by atoms with Crippen molar-refractivity contribution in [1.29, 1.82) is 0 Å². The van der Waals surface area contributed by atoms with Crippen LogP contribution >= 0.6 is 0 Å². The fraction of sp³-hybridized carbons (Fsp3) is 0.550. The number of amides is 1. The van der Waals surface area contributed by atoms with Crippen LogP contribution in [0.3, 0.4) is 0 Å². The summed E-state index contributed by atoms with van der Waals surface area (Å²) >= 11 is 0. The lowest BCUT2D eigenvalue weighted by Crippen LogP contribution is -2.44. The van der Waals surface area contributed by atoms with Gasteiger partial charge in [-0.3, -0.25) is 4.79 Å². The monoisotopic (exact) mass is 410 g/mol. The van der Waals surface area contributed by atoms with Gasteiger partial charge in [0.25, 0.3) is 0 Å². The Labute approximate surface area is 167 Å². The molecular weight excluding hydrogens is 380 g/mol. The van der Waals surface area contributed by atoms with Gasteiger partial charge in [0.05, 0.1) is 25.7 Å². The van der Waals surface area contributed by atoms with Crippen LogP contribution in [0.5, 0.6) is 11.5 Å². The molecule has 1 amide bonds. The Hall–Kier alpha value is -2.06. The van der Waals surface area contributed by atoms with Crippen molar-refractivity contribution in [2.24, 2.45) is 0 Å². The first-order valence-electron chi connectivity index (χ1n) is 9.23. The maximum absolute atomic E-state index is 13.1. The molecule has 7 nitrogen and oxygen atoms in total. The number of carbonyl (C=O) groups is 1. The Morgan fingerprint density at radius 3 is 2.39 bits per heavy atom. The molecule has 0 aliphatic carbocycles. The molecule has 1 atom stereocenters. The Bertz CT molecular complexity index is 833. The van der Waals surface area contributed by atoms with Gasteiger partial charge in [-0.1, -0.05) is 6.07 Å². The van der Waals surface area contributed by atoms with Crippen LogP contribution in [0, 0.1) is 0 Å². The number of nitrogens with zero attached hydrogens (tertiary/aromatic N) is 2. The first-order chi connectivity index (χ1) is 13.2. The lowest BCUT2D eigenvalue weighted by molar-refractivity contribution is -0.129. The van der Waals surface area contributed by atoms with E-state index in [-0.39, 0.29) is 23.5 Å². The summed E-state index contributed by atoms with van der Waals surface area (Å²) in [5.41, 5.74) is 1.37. The lowest BCUT2D eigenvalue weighted by atomic mass is 10.1. The van der Waals surface area contributed by atoms with Crippen LogP contribution in [0.15, 0.2) is 23.8 Å². The minimum absolute atomic E-state index is 0.0375. The summed E-state index contributed by atoms with van der Waals surface area (Å²) in [6.45, 7) is 2.92. The number of sulfone groups is 1. The average Bonchev–Trinajstić information content (AvgIpc) is 3.00. The maximum atomic E-state index is 13.1. The fourth-order valence-electron chi connectivity index (χ4n) is 3.26. The molecule has 1 aromatic carbocycles. The summed E-state index contributed by atoms with van der Waals surface area (Å²) in [6.07, 6.45) is 2.28. The third kappa shape index (κ3) is 5.72. The minimum atomic E-state index is -3.07. The predicted octanol–water partition coefficient (Wildman–Crippen LogP) is 1.68. The molecule has 2 rings (SSSR count). The second-order valence-corrected chi connectivity index (χ2v) is 9.53. The fourth-order valence-corrected chi connectivity index (χ4v) is 4.99. The molecule has 1 fully saturated rings. The van der Waals surface area contributed by atoms with Gasteiger partial charge in [0.1, 0.15) is 0 Å². The second kappa shape index (κ2) is 9.43. The molecule has 1 saturated heterocycles. The highest BCUT2D eigenvalue weighted by Gasteiger charge is 2.34. The van der Waals surface area contributed by atoms with Crippen molar-refractivity contribution in [2.75, 3.05) is 52.9 Å². The van der Waals surface area contributed by atoms with Gasteiger partial charge < -0.3 is 19.3 Å². The van der Waals surface area contributed by atoms with Crippen LogP contribution < -0.4 is 9.47 Å². The SMILES string of the molecule is COc1ccc(/C=C(\C)C(=O)N(CCN(C)C)C2CCS(=O)(=O)C2)cc1OC. The van der Waals surface area contributed by atoms with Gasteiger partial charge in [-0.05, 0) is 51.2 Å². The van der Waals surface area contributed by atoms with Gasteiger partial charge in [0.2, 0.25) is 5.91 Å². The number of rotatable bonds is 8. The summed E-state index contributed by atoms with van der Waals surface area (Å²) in [6, 6.07) is 5.17. The van der Waals surface area contributed by atoms with Crippen molar-refractivity contribution < 1.29 is 22.7 Å².